The second-order valence-corrected chi connectivity index (χ2v) is 10.1. The van der Waals surface area contributed by atoms with Gasteiger partial charge >= 0.3 is 13.8 Å². The number of amides is 1. The van der Waals surface area contributed by atoms with Gasteiger partial charge in [0.2, 0.25) is 5.95 Å². The number of nitrogens with one attached hydrogen (secondary N) is 3. The van der Waals surface area contributed by atoms with Gasteiger partial charge in [0.25, 0.3) is 5.91 Å². The molecule has 0 aliphatic heterocycles. The predicted octanol–water partition coefficient (Wildman–Crippen LogP) is 6.26. The summed E-state index contributed by atoms with van der Waals surface area (Å²) in [4.78, 5) is 19.9. The molecule has 40 heavy (non-hydrogen) atoms. The molecular weight excluding hydrogens is 557 g/mol. The summed E-state index contributed by atoms with van der Waals surface area (Å²) < 4.78 is 84.8. The van der Waals surface area contributed by atoms with Crippen molar-refractivity contribution in [3.63, 3.8) is 0 Å². The zero-order valence-electron chi connectivity index (χ0n) is 22.1. The molecule has 0 spiro atoms. The standard InChI is InChI=1S/C25H28F4N5O5P/c1-5-38-40(36,39-6-2)14-15-10-11-19(20(12-15)37-4)32-24-31-13-17(25(27,28)29)22(34-24)33-21-16(23(35)30-3)8-7-9-18(21)26/h7-13H,5-6,14H2,1-4H3,(H,30,35)(H2,31,32,33,34). The van der Waals surface area contributed by atoms with Crippen molar-refractivity contribution in [2.24, 2.45) is 0 Å². The largest absolute Gasteiger partial charge is 0.495 e. The highest BCUT2D eigenvalue weighted by atomic mass is 31.2. The first-order chi connectivity index (χ1) is 18.9. The number of rotatable bonds is 12. The van der Waals surface area contributed by atoms with Crippen LogP contribution in [0.2, 0.25) is 0 Å². The highest BCUT2D eigenvalue weighted by molar-refractivity contribution is 7.53. The second kappa shape index (κ2) is 13.1. The first-order valence-corrected chi connectivity index (χ1v) is 13.7. The Labute approximate surface area is 228 Å². The van der Waals surface area contributed by atoms with E-state index < -0.39 is 42.6 Å². The zero-order chi connectivity index (χ0) is 29.5. The summed E-state index contributed by atoms with van der Waals surface area (Å²) in [5.41, 5.74) is -1.17. The fourth-order valence-electron chi connectivity index (χ4n) is 3.64. The summed E-state index contributed by atoms with van der Waals surface area (Å²) in [6.07, 6.45) is -4.40. The lowest BCUT2D eigenvalue weighted by Crippen LogP contribution is -2.20. The van der Waals surface area contributed by atoms with Gasteiger partial charge in [-0.2, -0.15) is 18.2 Å². The SMILES string of the molecule is CCOP(=O)(Cc1ccc(Nc2ncc(C(F)(F)F)c(Nc3c(F)cccc3C(=O)NC)n2)c(OC)c1)OCC. The lowest BCUT2D eigenvalue weighted by molar-refractivity contribution is -0.137. The Hall–Kier alpha value is -3.74. The minimum absolute atomic E-state index is 0.0352. The van der Waals surface area contributed by atoms with Gasteiger partial charge in [0.15, 0.2) is 0 Å². The van der Waals surface area contributed by atoms with Gasteiger partial charge in [-0.15, -0.1) is 0 Å². The van der Waals surface area contributed by atoms with Crippen LogP contribution in [0.5, 0.6) is 5.75 Å². The molecule has 1 amide bonds. The van der Waals surface area contributed by atoms with Gasteiger partial charge in [-0.05, 0) is 43.7 Å². The van der Waals surface area contributed by atoms with Crippen LogP contribution in [0.3, 0.4) is 0 Å². The van der Waals surface area contributed by atoms with E-state index in [1.54, 1.807) is 26.0 Å². The van der Waals surface area contributed by atoms with Crippen molar-refractivity contribution < 1.29 is 40.7 Å². The van der Waals surface area contributed by atoms with Crippen molar-refractivity contribution in [2.75, 3.05) is 38.0 Å². The fourth-order valence-corrected chi connectivity index (χ4v) is 5.33. The molecule has 0 bridgehead atoms. The average Bonchev–Trinajstić information content (AvgIpc) is 2.90. The van der Waals surface area contributed by atoms with Crippen LogP contribution in [0.1, 0.15) is 35.3 Å². The maximum atomic E-state index is 14.6. The molecule has 1 aromatic heterocycles. The Kier molecular flexibility index (Phi) is 10.1. The van der Waals surface area contributed by atoms with Gasteiger partial charge in [-0.3, -0.25) is 9.36 Å². The Bertz CT molecular complexity index is 1400. The van der Waals surface area contributed by atoms with Crippen LogP contribution in [0.4, 0.5) is 40.7 Å². The number of ether oxygens (including phenoxy) is 1. The number of methoxy groups -OCH3 is 1. The maximum Gasteiger partial charge on any atom is 0.421 e. The summed E-state index contributed by atoms with van der Waals surface area (Å²) in [6, 6.07) is 8.19. The van der Waals surface area contributed by atoms with E-state index in [-0.39, 0.29) is 42.3 Å². The number of anilines is 4. The molecule has 0 fully saturated rings. The van der Waals surface area contributed by atoms with Crippen molar-refractivity contribution in [1.82, 2.24) is 15.3 Å². The number of nitrogens with zero attached hydrogens (tertiary/aromatic N) is 2. The van der Waals surface area contributed by atoms with Crippen molar-refractivity contribution >= 4 is 36.6 Å². The van der Waals surface area contributed by atoms with Gasteiger partial charge in [0.1, 0.15) is 22.9 Å². The minimum atomic E-state index is -4.90. The molecule has 0 atom stereocenters. The second-order valence-electron chi connectivity index (χ2n) is 8.08. The molecule has 10 nitrogen and oxygen atoms in total. The summed E-state index contributed by atoms with van der Waals surface area (Å²) in [5.74, 6) is -2.51. The molecule has 3 N–H and O–H groups in total. The molecule has 2 aromatic carbocycles. The third-order valence-corrected chi connectivity index (χ3v) is 7.42. The number of halogens is 4. The molecule has 0 aliphatic carbocycles. The van der Waals surface area contributed by atoms with Crippen molar-refractivity contribution in [3.8, 4) is 5.75 Å². The maximum absolute atomic E-state index is 14.6. The normalized spacial score (nSPS) is 11.7. The summed E-state index contributed by atoms with van der Waals surface area (Å²) in [5, 5.41) is 7.39. The van der Waals surface area contributed by atoms with E-state index in [4.69, 9.17) is 13.8 Å². The van der Waals surface area contributed by atoms with Crippen LogP contribution in [0.25, 0.3) is 0 Å². The van der Waals surface area contributed by atoms with Gasteiger partial charge in [-0.25, -0.2) is 9.37 Å². The van der Waals surface area contributed by atoms with E-state index in [1.165, 1.54) is 32.4 Å². The number of carbonyl (C=O) groups is 1. The van der Waals surface area contributed by atoms with Gasteiger partial charge in [-0.1, -0.05) is 12.1 Å². The first kappa shape index (κ1) is 30.8. The molecule has 3 rings (SSSR count). The van der Waals surface area contributed by atoms with Gasteiger partial charge < -0.3 is 29.7 Å². The molecular formula is C25H28F4N5O5P. The summed E-state index contributed by atoms with van der Waals surface area (Å²) in [6.45, 7) is 3.76. The Morgan fingerprint density at radius 2 is 1.77 bits per heavy atom. The summed E-state index contributed by atoms with van der Waals surface area (Å²) >= 11 is 0. The van der Waals surface area contributed by atoms with E-state index in [9.17, 15) is 26.9 Å². The average molecular weight is 585 g/mol. The molecule has 216 valence electrons. The molecule has 0 unspecified atom stereocenters. The fraction of sp³-hybridized carbons (Fsp3) is 0.320. The number of para-hydroxylation sites is 1. The van der Waals surface area contributed by atoms with Crippen LogP contribution in [0.15, 0.2) is 42.6 Å². The van der Waals surface area contributed by atoms with E-state index in [2.05, 4.69) is 25.9 Å². The molecule has 0 aliphatic rings. The smallest absolute Gasteiger partial charge is 0.421 e. The van der Waals surface area contributed by atoms with Crippen LogP contribution < -0.4 is 20.7 Å². The van der Waals surface area contributed by atoms with Crippen molar-refractivity contribution in [3.05, 3.63) is 65.1 Å². The Morgan fingerprint density at radius 3 is 2.38 bits per heavy atom. The number of aromatic nitrogens is 2. The van der Waals surface area contributed by atoms with Crippen LogP contribution >= 0.6 is 7.60 Å². The van der Waals surface area contributed by atoms with E-state index in [1.807, 2.05) is 0 Å². The first-order valence-electron chi connectivity index (χ1n) is 12.0. The quantitative estimate of drug-likeness (QED) is 0.167. The number of alkyl halides is 3. The van der Waals surface area contributed by atoms with Crippen LogP contribution in [0, 0.1) is 5.82 Å². The Balaban J connectivity index is 1.98. The van der Waals surface area contributed by atoms with E-state index >= 15 is 0 Å². The van der Waals surface area contributed by atoms with Crippen LogP contribution in [-0.4, -0.2) is 43.2 Å². The molecule has 0 radical (unpaired) electrons. The Morgan fingerprint density at radius 1 is 1.07 bits per heavy atom. The predicted molar refractivity (Wildman–Crippen MR) is 141 cm³/mol. The molecule has 15 heteroatoms. The third-order valence-electron chi connectivity index (χ3n) is 5.36. The highest BCUT2D eigenvalue weighted by Crippen LogP contribution is 2.51. The molecule has 0 saturated carbocycles. The lowest BCUT2D eigenvalue weighted by Gasteiger charge is -2.19. The minimum Gasteiger partial charge on any atom is -0.495 e. The van der Waals surface area contributed by atoms with Gasteiger partial charge in [0.05, 0.1) is 43.4 Å². The lowest BCUT2D eigenvalue weighted by atomic mass is 10.1. The van der Waals surface area contributed by atoms with Crippen molar-refractivity contribution in [2.45, 2.75) is 26.2 Å². The zero-order valence-corrected chi connectivity index (χ0v) is 23.0. The molecule has 1 heterocycles. The van der Waals surface area contributed by atoms with E-state index in [0.717, 1.165) is 6.07 Å². The highest BCUT2D eigenvalue weighted by Gasteiger charge is 2.36. The number of benzene rings is 2. The van der Waals surface area contributed by atoms with Gasteiger partial charge in [0, 0.05) is 13.2 Å². The molecule has 3 aromatic rings. The number of carbonyl (C=O) groups excluding carboxylic acids is 1. The third kappa shape index (κ3) is 7.46. The number of hydrogen-bond donors (Lipinski definition) is 3. The van der Waals surface area contributed by atoms with Crippen LogP contribution in [-0.2, 0) is 26.0 Å². The van der Waals surface area contributed by atoms with Crippen molar-refractivity contribution in [1.29, 1.82) is 0 Å². The van der Waals surface area contributed by atoms with E-state index in [0.29, 0.717) is 11.8 Å². The topological polar surface area (TPSA) is 124 Å². The molecule has 0 saturated heterocycles. The summed E-state index contributed by atoms with van der Waals surface area (Å²) in [7, 11) is -0.736. The number of hydrogen-bond acceptors (Lipinski definition) is 9. The monoisotopic (exact) mass is 585 g/mol.